The van der Waals surface area contributed by atoms with Crippen LogP contribution in [0.15, 0.2) is 49.2 Å². The van der Waals surface area contributed by atoms with Gasteiger partial charge in [-0.2, -0.15) is 18.3 Å². The van der Waals surface area contributed by atoms with Crippen LogP contribution in [0.5, 0.6) is 0 Å². The molecule has 3 aromatic heterocycles. The van der Waals surface area contributed by atoms with Crippen molar-refractivity contribution in [3.8, 4) is 22.8 Å². The number of aromatic amines is 1. The molecule has 0 saturated heterocycles. The summed E-state index contributed by atoms with van der Waals surface area (Å²) in [6.07, 6.45) is 3.18. The molecule has 1 aliphatic rings. The third-order valence-electron chi connectivity index (χ3n) is 5.35. The van der Waals surface area contributed by atoms with Crippen LogP contribution in [0.2, 0.25) is 5.02 Å². The Balaban J connectivity index is 1.53. The van der Waals surface area contributed by atoms with E-state index < -0.39 is 22.7 Å². The summed E-state index contributed by atoms with van der Waals surface area (Å²) in [5.74, 6) is 0.0628. The summed E-state index contributed by atoms with van der Waals surface area (Å²) in [5.41, 5.74) is 1.20. The Labute approximate surface area is 190 Å². The van der Waals surface area contributed by atoms with Crippen molar-refractivity contribution in [1.82, 2.24) is 29.7 Å². The van der Waals surface area contributed by atoms with E-state index in [0.717, 1.165) is 12.1 Å². The Bertz CT molecular complexity index is 1350. The third kappa shape index (κ3) is 3.63. The normalized spacial score (nSPS) is 16.2. The number of nitrogens with one attached hydrogen (secondary N) is 1. The maximum absolute atomic E-state index is 13.4. The number of halogens is 4. The molecule has 0 fully saturated rings. The molecule has 0 radical (unpaired) electrons. The molecule has 33 heavy (non-hydrogen) atoms. The van der Waals surface area contributed by atoms with Crippen molar-refractivity contribution in [1.29, 1.82) is 0 Å². The summed E-state index contributed by atoms with van der Waals surface area (Å²) in [5, 5.41) is 3.89. The van der Waals surface area contributed by atoms with Crippen LogP contribution in [0.1, 0.15) is 29.0 Å². The summed E-state index contributed by atoms with van der Waals surface area (Å²) in [7, 11) is 0. The number of hydrogen-bond acceptors (Lipinski definition) is 5. The van der Waals surface area contributed by atoms with Crippen LogP contribution in [0.3, 0.4) is 0 Å². The van der Waals surface area contributed by atoms with E-state index in [9.17, 15) is 18.0 Å². The number of alkyl halides is 3. The van der Waals surface area contributed by atoms with Gasteiger partial charge in [-0.15, -0.1) is 0 Å². The standard InChI is InChI=1S/C21H15ClF3N7O/c1-11-10-31(12-2-3-14(15(22)6-12)21(23,24)25)20(33)18-13(7-29-32(11)18)16-9-28-19(30-16)17-8-26-4-5-27-17/h2-9,11H,10H2,1H3,(H,28,30). The molecule has 4 aromatic rings. The first-order valence-electron chi connectivity index (χ1n) is 9.82. The van der Waals surface area contributed by atoms with E-state index in [1.54, 1.807) is 29.5 Å². The minimum absolute atomic E-state index is 0.225. The zero-order chi connectivity index (χ0) is 23.3. The van der Waals surface area contributed by atoms with E-state index >= 15 is 0 Å². The van der Waals surface area contributed by atoms with Crippen molar-refractivity contribution in [2.24, 2.45) is 0 Å². The third-order valence-corrected chi connectivity index (χ3v) is 5.66. The van der Waals surface area contributed by atoms with E-state index in [1.807, 2.05) is 6.92 Å². The SMILES string of the molecule is CC1CN(c2ccc(C(F)(F)F)c(Cl)c2)C(=O)c2c(-c3cnc(-c4cnccn4)[nH]3)cnn21. The number of amides is 1. The number of aromatic nitrogens is 6. The molecular formula is C21H15ClF3N7O. The molecular weight excluding hydrogens is 459 g/mol. The number of fused-ring (bicyclic) bond motifs is 1. The highest BCUT2D eigenvalue weighted by Gasteiger charge is 2.36. The highest BCUT2D eigenvalue weighted by Crippen LogP contribution is 2.38. The first kappa shape index (κ1) is 21.1. The molecule has 1 amide bonds. The number of carbonyl (C=O) groups is 1. The second-order valence-electron chi connectivity index (χ2n) is 7.51. The van der Waals surface area contributed by atoms with E-state index in [2.05, 4.69) is 25.0 Å². The van der Waals surface area contributed by atoms with E-state index in [1.165, 1.54) is 17.2 Å². The van der Waals surface area contributed by atoms with Crippen molar-refractivity contribution >= 4 is 23.2 Å². The average molecular weight is 474 g/mol. The first-order chi connectivity index (χ1) is 15.7. The fourth-order valence-corrected chi connectivity index (χ4v) is 4.08. The number of nitrogens with zero attached hydrogens (tertiary/aromatic N) is 6. The maximum atomic E-state index is 13.4. The second-order valence-corrected chi connectivity index (χ2v) is 7.92. The van der Waals surface area contributed by atoms with Crippen LogP contribution < -0.4 is 4.90 Å². The lowest BCUT2D eigenvalue weighted by molar-refractivity contribution is -0.137. The van der Waals surface area contributed by atoms with E-state index in [0.29, 0.717) is 28.5 Å². The Kier molecular flexibility index (Phi) is 4.93. The van der Waals surface area contributed by atoms with E-state index in [-0.39, 0.29) is 18.3 Å². The first-order valence-corrected chi connectivity index (χ1v) is 10.2. The van der Waals surface area contributed by atoms with Crippen molar-refractivity contribution < 1.29 is 18.0 Å². The quantitative estimate of drug-likeness (QED) is 0.468. The van der Waals surface area contributed by atoms with Crippen LogP contribution in [-0.4, -0.2) is 42.2 Å². The predicted octanol–water partition coefficient (Wildman–Crippen LogP) is 4.62. The summed E-state index contributed by atoms with van der Waals surface area (Å²) < 4.78 is 40.9. The van der Waals surface area contributed by atoms with Gasteiger partial charge in [-0.3, -0.25) is 14.5 Å². The fourth-order valence-electron chi connectivity index (χ4n) is 3.79. The van der Waals surface area contributed by atoms with Gasteiger partial charge in [-0.25, -0.2) is 9.97 Å². The van der Waals surface area contributed by atoms with Gasteiger partial charge in [0.25, 0.3) is 5.91 Å². The highest BCUT2D eigenvalue weighted by atomic mass is 35.5. The van der Waals surface area contributed by atoms with Gasteiger partial charge in [0.2, 0.25) is 0 Å². The number of benzene rings is 1. The minimum atomic E-state index is -4.58. The van der Waals surface area contributed by atoms with Gasteiger partial charge in [0.1, 0.15) is 11.4 Å². The molecule has 0 bridgehead atoms. The van der Waals surface area contributed by atoms with Crippen molar-refractivity contribution in [3.05, 3.63) is 65.5 Å². The Morgan fingerprint density at radius 3 is 2.67 bits per heavy atom. The van der Waals surface area contributed by atoms with Gasteiger partial charge in [-0.1, -0.05) is 11.6 Å². The van der Waals surface area contributed by atoms with Gasteiger partial charge in [-0.05, 0) is 25.1 Å². The van der Waals surface area contributed by atoms with Crippen molar-refractivity contribution in [3.63, 3.8) is 0 Å². The van der Waals surface area contributed by atoms with Crippen LogP contribution in [0.25, 0.3) is 22.8 Å². The highest BCUT2D eigenvalue weighted by molar-refractivity contribution is 6.31. The van der Waals surface area contributed by atoms with Crippen LogP contribution in [0.4, 0.5) is 18.9 Å². The second kappa shape index (κ2) is 7.69. The molecule has 1 aliphatic heterocycles. The molecule has 1 aromatic carbocycles. The summed E-state index contributed by atoms with van der Waals surface area (Å²) >= 11 is 5.88. The Morgan fingerprint density at radius 1 is 1.15 bits per heavy atom. The molecule has 1 N–H and O–H groups in total. The summed E-state index contributed by atoms with van der Waals surface area (Å²) in [6.45, 7) is 2.09. The molecule has 5 rings (SSSR count). The summed E-state index contributed by atoms with van der Waals surface area (Å²) in [6, 6.07) is 3.05. The molecule has 1 atom stereocenters. The lowest BCUT2D eigenvalue weighted by Crippen LogP contribution is -2.42. The molecule has 12 heteroatoms. The fraction of sp³-hybridized carbons (Fsp3) is 0.190. The van der Waals surface area contributed by atoms with Gasteiger partial charge < -0.3 is 9.88 Å². The molecule has 4 heterocycles. The zero-order valence-corrected chi connectivity index (χ0v) is 17.8. The monoisotopic (exact) mass is 473 g/mol. The molecule has 0 aliphatic carbocycles. The largest absolute Gasteiger partial charge is 0.417 e. The van der Waals surface area contributed by atoms with Crippen molar-refractivity contribution in [2.45, 2.75) is 19.1 Å². The molecule has 168 valence electrons. The lowest BCUT2D eigenvalue weighted by atomic mass is 10.1. The zero-order valence-electron chi connectivity index (χ0n) is 17.0. The predicted molar refractivity (Wildman–Crippen MR) is 114 cm³/mol. The summed E-state index contributed by atoms with van der Waals surface area (Å²) in [4.78, 5) is 30.5. The smallest absolute Gasteiger partial charge is 0.337 e. The van der Waals surface area contributed by atoms with Crippen LogP contribution in [0, 0.1) is 0 Å². The molecule has 0 saturated carbocycles. The van der Waals surface area contributed by atoms with Gasteiger partial charge >= 0.3 is 6.18 Å². The van der Waals surface area contributed by atoms with Crippen LogP contribution in [-0.2, 0) is 6.18 Å². The van der Waals surface area contributed by atoms with Gasteiger partial charge in [0.05, 0.1) is 46.5 Å². The molecule has 8 nitrogen and oxygen atoms in total. The van der Waals surface area contributed by atoms with Gasteiger partial charge in [0, 0.05) is 24.6 Å². The molecule has 1 unspecified atom stereocenters. The number of H-pyrrole nitrogens is 1. The maximum Gasteiger partial charge on any atom is 0.417 e. The Hall–Kier alpha value is -3.73. The average Bonchev–Trinajstić information content (AvgIpc) is 3.43. The van der Waals surface area contributed by atoms with E-state index in [4.69, 9.17) is 11.6 Å². The minimum Gasteiger partial charge on any atom is -0.337 e. The number of hydrogen-bond donors (Lipinski definition) is 1. The van der Waals surface area contributed by atoms with Crippen molar-refractivity contribution in [2.75, 3.05) is 11.4 Å². The number of carbonyl (C=O) groups excluding carboxylic acids is 1. The lowest BCUT2D eigenvalue weighted by Gasteiger charge is -2.32. The van der Waals surface area contributed by atoms with Crippen LogP contribution >= 0.6 is 11.6 Å². The number of rotatable bonds is 3. The Morgan fingerprint density at radius 2 is 1.97 bits per heavy atom. The van der Waals surface area contributed by atoms with Gasteiger partial charge in [0.15, 0.2) is 5.82 Å². The number of anilines is 1. The number of imidazole rings is 1. The topological polar surface area (TPSA) is 92.6 Å². The molecule has 0 spiro atoms.